The lowest BCUT2D eigenvalue weighted by Crippen LogP contribution is -2.20. The van der Waals surface area contributed by atoms with Crippen LogP contribution in [0.4, 0.5) is 0 Å². The number of carbonyl (C=O) groups is 1. The van der Waals surface area contributed by atoms with Gasteiger partial charge in [-0.25, -0.2) is 0 Å². The summed E-state index contributed by atoms with van der Waals surface area (Å²) in [4.78, 5) is 13.9. The molecule has 0 radical (unpaired) electrons. The Bertz CT molecular complexity index is 1230. The number of benzene rings is 1. The molecule has 1 aromatic rings. The standard InChI is InChI=1S/C36H48O4.CH4/c1-8-28(9-2)40-34-21-29-22(3)25(16-26(29)17-30(34)23-10-11-23)20-33(37)27-18-31(24-12-14-39-15-13-24)35(38-7)32(19-27)36(4,5)6;/h16-19,21,23-25,28-29H,3,8-15,20H2,1-2,4-7H3;1H4. The Morgan fingerprint density at radius 3 is 2.32 bits per heavy atom. The zero-order valence-corrected chi connectivity index (χ0v) is 25.5. The normalized spacial score (nSPS) is 22.9. The van der Waals surface area contributed by atoms with Gasteiger partial charge in [0.2, 0.25) is 0 Å². The highest BCUT2D eigenvalue weighted by Crippen LogP contribution is 2.49. The van der Waals surface area contributed by atoms with E-state index in [0.29, 0.717) is 18.3 Å². The molecular formula is C37H52O4. The molecule has 1 heterocycles. The maximum atomic E-state index is 13.9. The van der Waals surface area contributed by atoms with E-state index >= 15 is 0 Å². The maximum Gasteiger partial charge on any atom is 0.163 e. The predicted molar refractivity (Wildman–Crippen MR) is 169 cm³/mol. The van der Waals surface area contributed by atoms with Crippen molar-refractivity contribution in [3.63, 3.8) is 0 Å². The third-order valence-corrected chi connectivity index (χ3v) is 9.29. The van der Waals surface area contributed by atoms with Crippen molar-refractivity contribution in [3.8, 4) is 5.75 Å². The van der Waals surface area contributed by atoms with Crippen molar-refractivity contribution in [3.05, 3.63) is 76.1 Å². The van der Waals surface area contributed by atoms with Gasteiger partial charge in [0.1, 0.15) is 11.5 Å². The van der Waals surface area contributed by atoms with Gasteiger partial charge in [0.15, 0.2) is 5.78 Å². The van der Waals surface area contributed by atoms with Crippen LogP contribution in [0.25, 0.3) is 0 Å². The lowest BCUT2D eigenvalue weighted by Gasteiger charge is -2.30. The summed E-state index contributed by atoms with van der Waals surface area (Å²) in [7, 11) is 1.75. The molecule has 3 aliphatic carbocycles. The van der Waals surface area contributed by atoms with Gasteiger partial charge in [0, 0.05) is 42.6 Å². The number of fused-ring (bicyclic) bond motifs is 1. The third-order valence-electron chi connectivity index (χ3n) is 9.29. The molecular weight excluding hydrogens is 508 g/mol. The minimum absolute atomic E-state index is 0. The number of allylic oxidation sites excluding steroid dienone is 6. The number of ether oxygens (including phenoxy) is 3. The molecule has 0 amide bonds. The zero-order chi connectivity index (χ0) is 28.6. The van der Waals surface area contributed by atoms with E-state index < -0.39 is 0 Å². The highest BCUT2D eigenvalue weighted by atomic mass is 16.5. The average molecular weight is 561 g/mol. The van der Waals surface area contributed by atoms with Gasteiger partial charge in [-0.15, -0.1) is 0 Å². The van der Waals surface area contributed by atoms with E-state index in [9.17, 15) is 4.79 Å². The van der Waals surface area contributed by atoms with E-state index in [1.807, 2.05) is 0 Å². The Balaban J connectivity index is 0.00000387. The molecule has 0 N–H and O–H groups in total. The van der Waals surface area contributed by atoms with Crippen LogP contribution in [0.15, 0.2) is 59.4 Å². The molecule has 1 aliphatic heterocycles. The molecule has 41 heavy (non-hydrogen) atoms. The van der Waals surface area contributed by atoms with Crippen LogP contribution in [0.1, 0.15) is 114 Å². The van der Waals surface area contributed by atoms with Gasteiger partial charge >= 0.3 is 0 Å². The largest absolute Gasteiger partial charge is 0.496 e. The Labute approximate surface area is 248 Å². The van der Waals surface area contributed by atoms with E-state index in [4.69, 9.17) is 14.2 Å². The van der Waals surface area contributed by atoms with Crippen LogP contribution < -0.4 is 4.74 Å². The van der Waals surface area contributed by atoms with Crippen LogP contribution in [-0.2, 0) is 14.9 Å². The van der Waals surface area contributed by atoms with Crippen LogP contribution in [0, 0.1) is 17.8 Å². The molecule has 2 fully saturated rings. The SMILES string of the molecule is C.C=C1C(CC(=O)c2cc(C3CCOCC3)c(OC)c(C(C)(C)C)c2)C=C2C=C(C3CC3)C(OC(CC)CC)=CC12. The first-order chi connectivity index (χ1) is 19.1. The summed E-state index contributed by atoms with van der Waals surface area (Å²) >= 11 is 0. The fourth-order valence-electron chi connectivity index (χ4n) is 6.60. The molecule has 4 heteroatoms. The summed E-state index contributed by atoms with van der Waals surface area (Å²) in [6.45, 7) is 17.0. The Morgan fingerprint density at radius 2 is 1.73 bits per heavy atom. The van der Waals surface area contributed by atoms with Crippen LogP contribution in [0.3, 0.4) is 0 Å². The number of Topliss-reactive ketones (excluding diaryl/α,β-unsaturated/α-hetero) is 1. The Morgan fingerprint density at radius 1 is 1.05 bits per heavy atom. The van der Waals surface area contributed by atoms with Gasteiger partial charge in [-0.2, -0.15) is 0 Å². The number of hydrogen-bond donors (Lipinski definition) is 0. The molecule has 2 unspecified atom stereocenters. The summed E-state index contributed by atoms with van der Waals surface area (Å²) in [5.41, 5.74) is 6.64. The smallest absolute Gasteiger partial charge is 0.163 e. The van der Waals surface area contributed by atoms with Gasteiger partial charge < -0.3 is 14.2 Å². The minimum atomic E-state index is -0.143. The summed E-state index contributed by atoms with van der Waals surface area (Å²) < 4.78 is 18.2. The molecule has 5 rings (SSSR count). The summed E-state index contributed by atoms with van der Waals surface area (Å²) in [5, 5.41) is 0. The monoisotopic (exact) mass is 560 g/mol. The second-order valence-corrected chi connectivity index (χ2v) is 13.2. The predicted octanol–water partition coefficient (Wildman–Crippen LogP) is 9.26. The van der Waals surface area contributed by atoms with Crippen LogP contribution in [0.2, 0.25) is 0 Å². The number of rotatable bonds is 10. The van der Waals surface area contributed by atoms with Gasteiger partial charge in [-0.1, -0.05) is 66.3 Å². The second-order valence-electron chi connectivity index (χ2n) is 13.2. The lowest BCUT2D eigenvalue weighted by molar-refractivity contribution is 0.0847. The molecule has 224 valence electrons. The second kappa shape index (κ2) is 12.7. The topological polar surface area (TPSA) is 44.8 Å². The van der Waals surface area contributed by atoms with Crippen molar-refractivity contribution in [2.75, 3.05) is 20.3 Å². The summed E-state index contributed by atoms with van der Waals surface area (Å²) in [6.07, 6.45) is 14.0. The van der Waals surface area contributed by atoms with Gasteiger partial charge in [0.25, 0.3) is 0 Å². The van der Waals surface area contributed by atoms with E-state index in [1.165, 1.54) is 24.0 Å². The van der Waals surface area contributed by atoms with E-state index in [0.717, 1.165) is 72.7 Å². The van der Waals surface area contributed by atoms with Gasteiger partial charge in [-0.05, 0) is 90.7 Å². The quantitative estimate of drug-likeness (QED) is 0.211. The number of ketones is 1. The first-order valence-corrected chi connectivity index (χ1v) is 15.5. The first kappa shape index (κ1) is 31.3. The lowest BCUT2D eigenvalue weighted by atomic mass is 9.79. The Kier molecular flexibility index (Phi) is 9.74. The maximum absolute atomic E-state index is 13.9. The molecule has 0 spiro atoms. The zero-order valence-electron chi connectivity index (χ0n) is 25.5. The molecule has 4 aliphatic rings. The van der Waals surface area contributed by atoms with E-state index in [1.54, 1.807) is 7.11 Å². The van der Waals surface area contributed by atoms with Gasteiger partial charge in [0.05, 0.1) is 13.2 Å². The molecule has 1 saturated carbocycles. The molecule has 1 aromatic carbocycles. The van der Waals surface area contributed by atoms with Crippen LogP contribution in [-0.4, -0.2) is 32.2 Å². The molecule has 4 nitrogen and oxygen atoms in total. The van der Waals surface area contributed by atoms with Crippen molar-refractivity contribution >= 4 is 5.78 Å². The first-order valence-electron chi connectivity index (χ1n) is 15.5. The highest BCUT2D eigenvalue weighted by Gasteiger charge is 2.38. The molecule has 0 aromatic heterocycles. The fourth-order valence-corrected chi connectivity index (χ4v) is 6.60. The van der Waals surface area contributed by atoms with Crippen molar-refractivity contribution in [1.82, 2.24) is 0 Å². The summed E-state index contributed by atoms with van der Waals surface area (Å²) in [6, 6.07) is 4.19. The number of methoxy groups -OCH3 is 1. The Hall–Kier alpha value is -2.59. The average Bonchev–Trinajstić information content (AvgIpc) is 3.75. The van der Waals surface area contributed by atoms with Crippen molar-refractivity contribution in [1.29, 1.82) is 0 Å². The number of hydrogen-bond acceptors (Lipinski definition) is 4. The van der Waals surface area contributed by atoms with Gasteiger partial charge in [-0.3, -0.25) is 4.79 Å². The summed E-state index contributed by atoms with van der Waals surface area (Å²) in [5.74, 6) is 3.26. The minimum Gasteiger partial charge on any atom is -0.496 e. The molecule has 0 bridgehead atoms. The third kappa shape index (κ3) is 6.58. The van der Waals surface area contributed by atoms with E-state index in [2.05, 4.69) is 71.6 Å². The van der Waals surface area contributed by atoms with Crippen LogP contribution >= 0.6 is 0 Å². The number of carbonyl (C=O) groups excluding carboxylic acids is 1. The van der Waals surface area contributed by atoms with Crippen molar-refractivity contribution in [2.24, 2.45) is 17.8 Å². The molecule has 2 atom stereocenters. The van der Waals surface area contributed by atoms with Crippen molar-refractivity contribution in [2.45, 2.75) is 104 Å². The van der Waals surface area contributed by atoms with Crippen LogP contribution in [0.5, 0.6) is 5.75 Å². The fraction of sp³-hybridized carbons (Fsp3) is 0.595. The highest BCUT2D eigenvalue weighted by molar-refractivity contribution is 5.97. The van der Waals surface area contributed by atoms with Crippen molar-refractivity contribution < 1.29 is 19.0 Å². The molecule has 1 saturated heterocycles. The van der Waals surface area contributed by atoms with E-state index in [-0.39, 0.29) is 36.6 Å².